The fraction of sp³-hybridized carbons (Fsp3) is 0.381. The smallest absolute Gasteiger partial charge is 0.464 e. The van der Waals surface area contributed by atoms with Crippen molar-refractivity contribution in [2.75, 3.05) is 24.7 Å². The standard InChI is InChI=1S/C21H21F2N9O9P2S2/c22-10-9(3-33)45-20(32-6-28-13-17(32)29-21(25)30-18(13)34)15(10)41-43(37,44)38-4-8-14(40-42(35)36)11(23)19(39-8)31-5-27-12-7(24)1-2-26-16(12)31/h1-2,5-6,9-11,15,19-20,33H,3-4H2,(H6-,24,25,26,29,30,34,35,36,37,44)/p+1/t9-,10+,11+,15-,19-,20-,43?/m1/s1. The van der Waals surface area contributed by atoms with Gasteiger partial charge in [0.2, 0.25) is 24.1 Å². The molecule has 6 rings (SSSR count). The van der Waals surface area contributed by atoms with E-state index < -0.39 is 80.6 Å². The molecule has 2 aliphatic rings. The third kappa shape index (κ3) is 5.88. The lowest BCUT2D eigenvalue weighted by molar-refractivity contribution is 0.0199. The SMILES string of the molecule is Nc1nc2c(ncn2[C@@H]2S[C@H](CO)[C@H](F)[C@H]2OP(O)(=S)OCC2=C(O[P+](=O)O)[C@H](F)[C@H](n3cnc4c(N)ccnc43)O2)c(=O)[nH]1. The van der Waals surface area contributed by atoms with E-state index in [1.807, 2.05) is 0 Å². The predicted molar refractivity (Wildman–Crippen MR) is 157 cm³/mol. The second-order valence-corrected chi connectivity index (χ2v) is 14.3. The molecule has 4 aromatic heterocycles. The summed E-state index contributed by atoms with van der Waals surface area (Å²) in [5.74, 6) is -1.44. The first-order valence-electron chi connectivity index (χ1n) is 12.6. The fourth-order valence-electron chi connectivity index (χ4n) is 4.81. The fourth-order valence-corrected chi connectivity index (χ4v) is 7.99. The molecule has 0 saturated carbocycles. The molecule has 1 fully saturated rings. The predicted octanol–water partition coefficient (Wildman–Crippen LogP) is 1.04. The van der Waals surface area contributed by atoms with Crippen LogP contribution >= 0.6 is 26.7 Å². The van der Waals surface area contributed by atoms with E-state index in [4.69, 9.17) is 41.6 Å². The molecule has 0 bridgehead atoms. The quantitative estimate of drug-likeness (QED) is 0.126. The molecular formula is C21H22F2N9O9P2S2+. The van der Waals surface area contributed by atoms with Gasteiger partial charge in [-0.2, -0.15) is 4.98 Å². The number of thioether (sulfide) groups is 1. The zero-order valence-corrected chi connectivity index (χ0v) is 25.7. The Morgan fingerprint density at radius 3 is 2.67 bits per heavy atom. The number of hydrogen-bond donors (Lipinski definition) is 6. The number of imidazole rings is 2. The van der Waals surface area contributed by atoms with Crippen LogP contribution in [0.2, 0.25) is 0 Å². The first kappa shape index (κ1) is 31.6. The first-order chi connectivity index (χ1) is 21.4. The topological polar surface area (TPSA) is 261 Å². The highest BCUT2D eigenvalue weighted by Crippen LogP contribution is 2.55. The molecular weight excluding hydrogens is 686 g/mol. The summed E-state index contributed by atoms with van der Waals surface area (Å²) in [6.07, 6.45) is -3.46. The Bertz CT molecular complexity index is 1940. The zero-order valence-electron chi connectivity index (χ0n) is 22.3. The molecule has 6 heterocycles. The van der Waals surface area contributed by atoms with E-state index in [0.717, 1.165) is 11.8 Å². The number of nitrogen functional groups attached to an aromatic ring is 2. The molecule has 0 spiro atoms. The number of halogens is 2. The number of nitrogens with one attached hydrogen (secondary N) is 1. The number of nitrogens with zero attached hydrogens (tertiary/aromatic N) is 6. The van der Waals surface area contributed by atoms with E-state index in [-0.39, 0.29) is 34.0 Å². The summed E-state index contributed by atoms with van der Waals surface area (Å²) in [6.45, 7) is -5.87. The number of ether oxygens (including phenoxy) is 1. The third-order valence-electron chi connectivity index (χ3n) is 6.76. The monoisotopic (exact) mass is 708 g/mol. The molecule has 0 aromatic carbocycles. The number of aliphatic hydroxyl groups excluding tert-OH is 1. The minimum Gasteiger partial charge on any atom is -0.464 e. The molecule has 8 N–H and O–H groups in total. The van der Waals surface area contributed by atoms with E-state index in [9.17, 15) is 24.3 Å². The van der Waals surface area contributed by atoms with Crippen molar-refractivity contribution in [1.29, 1.82) is 0 Å². The summed E-state index contributed by atoms with van der Waals surface area (Å²) in [6, 6.07) is 1.48. The van der Waals surface area contributed by atoms with E-state index in [0.29, 0.717) is 0 Å². The normalized spacial score (nSPS) is 26.8. The Labute approximate surface area is 259 Å². The van der Waals surface area contributed by atoms with Crippen molar-refractivity contribution in [3.05, 3.63) is 46.8 Å². The van der Waals surface area contributed by atoms with Gasteiger partial charge in [-0.05, 0) is 17.9 Å². The van der Waals surface area contributed by atoms with Crippen molar-refractivity contribution in [1.82, 2.24) is 34.1 Å². The molecule has 24 heteroatoms. The summed E-state index contributed by atoms with van der Waals surface area (Å²) < 4.78 is 66.4. The Hall–Kier alpha value is -3.33. The average Bonchev–Trinajstić information content (AvgIpc) is 3.73. The van der Waals surface area contributed by atoms with Crippen molar-refractivity contribution in [3.8, 4) is 0 Å². The average molecular weight is 709 g/mol. The van der Waals surface area contributed by atoms with Gasteiger partial charge in [0.05, 0.1) is 23.9 Å². The number of H-pyrrole nitrogens is 1. The van der Waals surface area contributed by atoms with Gasteiger partial charge in [-0.3, -0.25) is 23.4 Å². The van der Waals surface area contributed by atoms with Crippen LogP contribution in [0.5, 0.6) is 0 Å². The Morgan fingerprint density at radius 1 is 1.20 bits per heavy atom. The number of rotatable bonds is 10. The summed E-state index contributed by atoms with van der Waals surface area (Å²) in [7, 11) is -3.37. The van der Waals surface area contributed by atoms with Gasteiger partial charge in [0, 0.05) is 10.8 Å². The van der Waals surface area contributed by atoms with Crippen LogP contribution in [0.25, 0.3) is 22.3 Å². The number of nitrogens with two attached hydrogens (primary N) is 2. The number of anilines is 2. The second kappa shape index (κ2) is 12.1. The number of fused-ring (bicyclic) bond motifs is 2. The number of alkyl halides is 2. The van der Waals surface area contributed by atoms with Gasteiger partial charge in [0.15, 0.2) is 22.6 Å². The minimum atomic E-state index is -4.42. The molecule has 2 unspecified atom stereocenters. The number of aromatic nitrogens is 7. The van der Waals surface area contributed by atoms with Crippen LogP contribution < -0.4 is 17.0 Å². The lowest BCUT2D eigenvalue weighted by Crippen LogP contribution is -2.31. The van der Waals surface area contributed by atoms with Crippen LogP contribution in [-0.4, -0.2) is 85.9 Å². The van der Waals surface area contributed by atoms with E-state index in [1.54, 1.807) is 0 Å². The maximum absolute atomic E-state index is 15.6. The summed E-state index contributed by atoms with van der Waals surface area (Å²) in [5, 5.41) is 7.64. The van der Waals surface area contributed by atoms with Crippen molar-refractivity contribution in [2.45, 2.75) is 35.3 Å². The maximum Gasteiger partial charge on any atom is 0.747 e. The molecule has 8 atom stereocenters. The summed E-state index contributed by atoms with van der Waals surface area (Å²) >= 11 is 6.01. The van der Waals surface area contributed by atoms with Crippen molar-refractivity contribution >= 4 is 72.5 Å². The van der Waals surface area contributed by atoms with Crippen molar-refractivity contribution in [3.63, 3.8) is 0 Å². The highest BCUT2D eigenvalue weighted by Gasteiger charge is 2.50. The molecule has 45 heavy (non-hydrogen) atoms. The molecule has 4 aromatic rings. The van der Waals surface area contributed by atoms with Crippen LogP contribution in [0.1, 0.15) is 11.6 Å². The van der Waals surface area contributed by atoms with Crippen molar-refractivity contribution in [2.24, 2.45) is 0 Å². The van der Waals surface area contributed by atoms with E-state index in [1.165, 1.54) is 34.1 Å². The van der Waals surface area contributed by atoms with Crippen molar-refractivity contribution < 1.29 is 46.5 Å². The lowest BCUT2D eigenvalue weighted by Gasteiger charge is -2.26. The molecule has 18 nitrogen and oxygen atoms in total. The Kier molecular flexibility index (Phi) is 8.52. The zero-order chi connectivity index (χ0) is 32.2. The number of hydrogen-bond acceptors (Lipinski definition) is 15. The first-order valence-corrected chi connectivity index (χ1v) is 17.3. The Balaban J connectivity index is 1.24. The maximum atomic E-state index is 15.6. The van der Waals surface area contributed by atoms with Crippen LogP contribution in [0.3, 0.4) is 0 Å². The van der Waals surface area contributed by atoms with Crippen LogP contribution in [0.15, 0.2) is 41.2 Å². The Morgan fingerprint density at radius 2 is 1.93 bits per heavy atom. The molecule has 0 amide bonds. The van der Waals surface area contributed by atoms with Gasteiger partial charge >= 0.3 is 15.0 Å². The second-order valence-electron chi connectivity index (χ2n) is 9.53. The lowest BCUT2D eigenvalue weighted by atomic mass is 10.1. The molecule has 240 valence electrons. The van der Waals surface area contributed by atoms with Crippen LogP contribution in [0, 0.1) is 0 Å². The van der Waals surface area contributed by atoms with Gasteiger partial charge in [0.1, 0.15) is 36.1 Å². The minimum absolute atomic E-state index is 0.0204. The molecule has 2 aliphatic heterocycles. The molecule has 0 radical (unpaired) electrons. The van der Waals surface area contributed by atoms with Gasteiger partial charge in [-0.15, -0.1) is 16.7 Å². The number of aromatic amines is 1. The van der Waals surface area contributed by atoms with Crippen LogP contribution in [0.4, 0.5) is 20.4 Å². The molecule has 1 saturated heterocycles. The number of pyridine rings is 1. The highest BCUT2D eigenvalue weighted by atomic mass is 32.5. The largest absolute Gasteiger partial charge is 0.747 e. The van der Waals surface area contributed by atoms with Gasteiger partial charge in [-0.25, -0.2) is 28.3 Å². The third-order valence-corrected chi connectivity index (χ3v) is 10.2. The van der Waals surface area contributed by atoms with Gasteiger partial charge < -0.3 is 30.7 Å². The summed E-state index contributed by atoms with van der Waals surface area (Å²) in [4.78, 5) is 51.1. The van der Waals surface area contributed by atoms with E-state index in [2.05, 4.69) is 24.9 Å². The number of aliphatic hydroxyl groups is 1. The van der Waals surface area contributed by atoms with E-state index >= 15 is 8.78 Å². The summed E-state index contributed by atoms with van der Waals surface area (Å²) in [5.41, 5.74) is 11.4. The van der Waals surface area contributed by atoms with Gasteiger partial charge in [-0.1, -0.05) is 0 Å². The van der Waals surface area contributed by atoms with Gasteiger partial charge in [0.25, 0.3) is 5.56 Å². The highest BCUT2D eigenvalue weighted by molar-refractivity contribution is 8.07. The molecule has 0 aliphatic carbocycles. The van der Waals surface area contributed by atoms with Crippen LogP contribution in [-0.2, 0) is 34.7 Å².